The topological polar surface area (TPSA) is 130 Å². The van der Waals surface area contributed by atoms with Crippen LogP contribution in [0.1, 0.15) is 28.8 Å². The molecule has 1 fully saturated rings. The number of hydrogen-bond donors (Lipinski definition) is 3. The van der Waals surface area contributed by atoms with E-state index in [0.717, 1.165) is 25.1 Å². The molecule has 0 aromatic heterocycles. The maximum Gasteiger partial charge on any atom is 2.00 e. The normalized spacial score (nSPS) is 12.5. The predicted molar refractivity (Wildman–Crippen MR) is 95.2 cm³/mol. The van der Waals surface area contributed by atoms with Gasteiger partial charge in [-0.25, -0.2) is 0 Å². The summed E-state index contributed by atoms with van der Waals surface area (Å²) in [7, 11) is 1.98. The SMILES string of the molecule is CN(CCN[C-]=O)CCc1cccc(C(N)=O)c1.N=C1CCC(=O)[N-]1.[U+2]. The van der Waals surface area contributed by atoms with Crippen molar-refractivity contribution in [3.8, 4) is 0 Å². The molecule has 0 aliphatic carbocycles. The van der Waals surface area contributed by atoms with Crippen LogP contribution >= 0.6 is 0 Å². The summed E-state index contributed by atoms with van der Waals surface area (Å²) in [6.45, 7) is 2.20. The summed E-state index contributed by atoms with van der Waals surface area (Å²) in [6.07, 6.45) is 3.46. The van der Waals surface area contributed by atoms with Gasteiger partial charge in [-0.05, 0) is 44.1 Å². The molecule has 9 heteroatoms. The Kier molecular flexibility index (Phi) is 12.6. The Morgan fingerprint density at radius 2 is 2.12 bits per heavy atom. The number of rotatable bonds is 8. The summed E-state index contributed by atoms with van der Waals surface area (Å²) in [4.78, 5) is 33.2. The number of hydrogen-bond acceptors (Lipinski definition) is 5. The number of benzene rings is 1. The van der Waals surface area contributed by atoms with Gasteiger partial charge >= 0.3 is 31.1 Å². The fraction of sp³-hybridized carbons (Fsp3) is 0.412. The van der Waals surface area contributed by atoms with E-state index in [1.54, 1.807) is 12.5 Å². The molecule has 2 rings (SSSR count). The number of carbonyl (C=O) groups is 2. The zero-order valence-electron chi connectivity index (χ0n) is 14.7. The van der Waals surface area contributed by atoms with Crippen molar-refractivity contribution in [3.63, 3.8) is 0 Å². The van der Waals surface area contributed by atoms with Crippen LogP contribution in [-0.4, -0.2) is 55.6 Å². The number of nitrogens with one attached hydrogen (secondary N) is 2. The quantitative estimate of drug-likeness (QED) is 0.235. The van der Waals surface area contributed by atoms with Crippen LogP contribution in [0.25, 0.3) is 5.32 Å². The number of primary amides is 1. The molecule has 0 bridgehead atoms. The first kappa shape index (κ1) is 24.3. The first-order valence-corrected chi connectivity index (χ1v) is 7.91. The Labute approximate surface area is 177 Å². The van der Waals surface area contributed by atoms with Gasteiger partial charge in [0.2, 0.25) is 5.91 Å². The minimum Gasteiger partial charge on any atom is -0.529 e. The number of nitrogens with two attached hydrogens (primary N) is 1. The van der Waals surface area contributed by atoms with Gasteiger partial charge in [0.05, 0.1) is 0 Å². The van der Waals surface area contributed by atoms with Gasteiger partial charge in [-0.2, -0.15) is 6.41 Å². The van der Waals surface area contributed by atoms with Gasteiger partial charge in [0, 0.05) is 25.1 Å². The number of amidine groups is 1. The van der Waals surface area contributed by atoms with Crippen LogP contribution in [0.4, 0.5) is 0 Å². The van der Waals surface area contributed by atoms with Crippen LogP contribution < -0.4 is 11.1 Å². The van der Waals surface area contributed by atoms with Crippen LogP contribution in [0, 0.1) is 36.5 Å². The maximum absolute atomic E-state index is 11.0. The van der Waals surface area contributed by atoms with Gasteiger partial charge in [-0.1, -0.05) is 18.0 Å². The van der Waals surface area contributed by atoms with Crippen molar-refractivity contribution in [2.24, 2.45) is 5.73 Å². The Hall–Kier alpha value is -1.69. The number of amides is 3. The molecule has 0 saturated carbocycles. The van der Waals surface area contributed by atoms with E-state index in [4.69, 9.17) is 11.1 Å². The molecule has 1 heterocycles. The van der Waals surface area contributed by atoms with E-state index in [1.165, 1.54) is 0 Å². The van der Waals surface area contributed by atoms with Crippen molar-refractivity contribution in [3.05, 3.63) is 40.7 Å². The van der Waals surface area contributed by atoms with Gasteiger partial charge in [0.15, 0.2) is 0 Å². The molecule has 0 radical (unpaired) electrons. The van der Waals surface area contributed by atoms with Crippen molar-refractivity contribution in [1.29, 1.82) is 5.41 Å². The molecule has 8 nitrogen and oxygen atoms in total. The number of nitrogens with zero attached hydrogens (tertiary/aromatic N) is 2. The monoisotopic (exact) mass is 583 g/mol. The van der Waals surface area contributed by atoms with Crippen LogP contribution in [0.2, 0.25) is 0 Å². The molecular formula is C17H23N5O3U. The summed E-state index contributed by atoms with van der Waals surface area (Å²) < 4.78 is 0. The molecule has 1 saturated heterocycles. The zero-order chi connectivity index (χ0) is 18.7. The molecule has 0 unspecified atom stereocenters. The summed E-state index contributed by atoms with van der Waals surface area (Å²) in [5, 5.41) is 12.6. The number of carbonyl (C=O) groups excluding carboxylic acids is 3. The molecule has 4 N–H and O–H groups in total. The molecule has 0 atom stereocenters. The average molecular weight is 583 g/mol. The minimum absolute atomic E-state index is 0. The Morgan fingerprint density at radius 3 is 2.62 bits per heavy atom. The van der Waals surface area contributed by atoms with Crippen molar-refractivity contribution >= 4 is 24.1 Å². The summed E-state index contributed by atoms with van der Waals surface area (Å²) in [5.74, 6) is -0.328. The van der Waals surface area contributed by atoms with E-state index in [0.29, 0.717) is 24.9 Å². The van der Waals surface area contributed by atoms with Gasteiger partial charge in [0.25, 0.3) is 0 Å². The molecule has 0 spiro atoms. The van der Waals surface area contributed by atoms with Gasteiger partial charge in [0.1, 0.15) is 5.91 Å². The van der Waals surface area contributed by atoms with Gasteiger partial charge < -0.3 is 31.5 Å². The third-order valence-corrected chi connectivity index (χ3v) is 3.52. The van der Waals surface area contributed by atoms with Crippen LogP contribution in [0.3, 0.4) is 0 Å². The van der Waals surface area contributed by atoms with E-state index in [-0.39, 0.29) is 42.9 Å². The Morgan fingerprint density at radius 1 is 1.38 bits per heavy atom. The Balaban J connectivity index is 0.000000655. The van der Waals surface area contributed by atoms with E-state index in [9.17, 15) is 14.4 Å². The second-order valence-electron chi connectivity index (χ2n) is 5.60. The van der Waals surface area contributed by atoms with Crippen molar-refractivity contribution in [2.45, 2.75) is 19.3 Å². The van der Waals surface area contributed by atoms with Crippen LogP contribution in [0.15, 0.2) is 24.3 Å². The molecule has 1 aromatic rings. The van der Waals surface area contributed by atoms with E-state index in [1.807, 2.05) is 25.2 Å². The fourth-order valence-electron chi connectivity index (χ4n) is 2.10. The van der Waals surface area contributed by atoms with E-state index in [2.05, 4.69) is 15.5 Å². The molecule has 138 valence electrons. The second kappa shape index (κ2) is 13.5. The van der Waals surface area contributed by atoms with Gasteiger partial charge in [-0.15, -0.1) is 0 Å². The predicted octanol–water partition coefficient (Wildman–Crippen LogP) is 0.574. The van der Waals surface area contributed by atoms with Crippen molar-refractivity contribution < 1.29 is 45.5 Å². The smallest absolute Gasteiger partial charge is 0.529 e. The first-order valence-electron chi connectivity index (χ1n) is 7.91. The molecule has 26 heavy (non-hydrogen) atoms. The zero-order valence-corrected chi connectivity index (χ0v) is 18.9. The summed E-state index contributed by atoms with van der Waals surface area (Å²) in [5.41, 5.74) is 6.84. The van der Waals surface area contributed by atoms with Crippen LogP contribution in [-0.2, 0) is 16.0 Å². The average Bonchev–Trinajstić information content (AvgIpc) is 2.97. The molecule has 3 amide bonds. The second-order valence-corrected chi connectivity index (χ2v) is 5.60. The molecule has 1 aliphatic rings. The third kappa shape index (κ3) is 10.3. The third-order valence-electron chi connectivity index (χ3n) is 3.52. The Bertz CT molecular complexity index is 610. The largest absolute Gasteiger partial charge is 2.00 e. The van der Waals surface area contributed by atoms with E-state index < -0.39 is 5.91 Å². The first-order chi connectivity index (χ1) is 11.9. The molecule has 1 aliphatic heterocycles. The van der Waals surface area contributed by atoms with Crippen molar-refractivity contribution in [2.75, 3.05) is 26.7 Å². The fourth-order valence-corrected chi connectivity index (χ4v) is 2.10. The van der Waals surface area contributed by atoms with Crippen LogP contribution in [0.5, 0.6) is 0 Å². The summed E-state index contributed by atoms with van der Waals surface area (Å²) >= 11 is 0. The summed E-state index contributed by atoms with van der Waals surface area (Å²) in [6, 6.07) is 7.32. The van der Waals surface area contributed by atoms with Crippen molar-refractivity contribution in [1.82, 2.24) is 10.2 Å². The molecule has 1 aromatic carbocycles. The van der Waals surface area contributed by atoms with E-state index >= 15 is 0 Å². The van der Waals surface area contributed by atoms with Gasteiger partial charge in [-0.3, -0.25) is 9.59 Å². The maximum atomic E-state index is 11.0. The minimum atomic E-state index is -0.407. The number of likely N-dealkylation sites (N-methyl/N-ethyl adjacent to an activating group) is 1. The molecular weight excluding hydrogens is 560 g/mol. The standard InChI is InChI=1S/C13H18N3O2.C4H6N2O.U/c1-16(8-6-15-10-17)7-5-11-3-2-4-12(9-11)13(14)18;5-3-1-2-4(7)6-3;/h2-4,9H,5-8H2,1H3,(H2,14,18)(H,15,17);1-2H2,(H2,5,6,7);/q-1;;+2/p-1.